The summed E-state index contributed by atoms with van der Waals surface area (Å²) in [6.07, 6.45) is 5.89. The van der Waals surface area contributed by atoms with Gasteiger partial charge in [-0.3, -0.25) is 0 Å². The van der Waals surface area contributed by atoms with Crippen LogP contribution in [0.4, 0.5) is 0 Å². The van der Waals surface area contributed by atoms with E-state index in [0.29, 0.717) is 6.54 Å². The summed E-state index contributed by atoms with van der Waals surface area (Å²) in [6.45, 7) is 4.03. The molecule has 0 spiro atoms. The second kappa shape index (κ2) is 5.28. The lowest BCUT2D eigenvalue weighted by molar-refractivity contribution is 0.350. The molecule has 1 fully saturated rings. The first-order valence-electron chi connectivity index (χ1n) is 4.78. The highest BCUT2D eigenvalue weighted by molar-refractivity contribution is 9.10. The highest BCUT2D eigenvalue weighted by Gasteiger charge is 2.29. The van der Waals surface area contributed by atoms with E-state index in [0.717, 1.165) is 25.7 Å². The van der Waals surface area contributed by atoms with Gasteiger partial charge in [0, 0.05) is 12.6 Å². The fraction of sp³-hybridized carbons (Fsp3) is 0.778. The first-order valence-corrected chi connectivity index (χ1v) is 7.51. The van der Waals surface area contributed by atoms with Crippen molar-refractivity contribution in [2.24, 2.45) is 0 Å². The Labute approximate surface area is 94.4 Å². The summed E-state index contributed by atoms with van der Waals surface area (Å²) in [4.78, 5) is 0. The van der Waals surface area contributed by atoms with Gasteiger partial charge in [-0.2, -0.15) is 4.31 Å². The largest absolute Gasteiger partial charge is 0.224 e. The van der Waals surface area contributed by atoms with Crippen molar-refractivity contribution in [3.63, 3.8) is 0 Å². The predicted octanol–water partition coefficient (Wildman–Crippen LogP) is 2.10. The van der Waals surface area contributed by atoms with Crippen LogP contribution in [0, 0.1) is 0 Å². The van der Waals surface area contributed by atoms with Gasteiger partial charge in [-0.25, -0.2) is 8.42 Å². The van der Waals surface area contributed by atoms with Gasteiger partial charge in [0.2, 0.25) is 10.0 Å². The van der Waals surface area contributed by atoms with Crippen LogP contribution in [0.2, 0.25) is 0 Å². The summed E-state index contributed by atoms with van der Waals surface area (Å²) in [5.41, 5.74) is 0. The Hall–Kier alpha value is 0.130. The molecule has 0 radical (unpaired) electrons. The van der Waals surface area contributed by atoms with Crippen LogP contribution in [-0.2, 0) is 10.0 Å². The van der Waals surface area contributed by atoms with Gasteiger partial charge in [0.25, 0.3) is 0 Å². The number of halogens is 1. The number of alkyl halides is 1. The Morgan fingerprint density at radius 2 is 2.00 bits per heavy atom. The third-order valence-corrected chi connectivity index (χ3v) is 5.71. The minimum atomic E-state index is -3.13. The molecule has 0 atom stereocenters. The van der Waals surface area contributed by atoms with Gasteiger partial charge in [-0.1, -0.05) is 34.8 Å². The molecule has 0 bridgehead atoms. The van der Waals surface area contributed by atoms with Crippen LogP contribution in [0.5, 0.6) is 0 Å². The normalized spacial score (nSPS) is 19.0. The molecule has 1 aliphatic carbocycles. The Morgan fingerprint density at radius 3 is 2.43 bits per heavy atom. The molecule has 0 aromatic rings. The monoisotopic (exact) mass is 281 g/mol. The molecule has 1 aliphatic rings. The van der Waals surface area contributed by atoms with Gasteiger partial charge in [0.1, 0.15) is 4.66 Å². The van der Waals surface area contributed by atoms with Gasteiger partial charge in [-0.05, 0) is 12.8 Å². The second-order valence-corrected chi connectivity index (χ2v) is 6.74. The van der Waals surface area contributed by atoms with Crippen molar-refractivity contribution >= 4 is 26.0 Å². The summed E-state index contributed by atoms with van der Waals surface area (Å²) in [5.74, 6) is 0. The van der Waals surface area contributed by atoms with E-state index in [9.17, 15) is 8.42 Å². The minimum absolute atomic E-state index is 0.00431. The average Bonchev–Trinajstić information content (AvgIpc) is 2.66. The van der Waals surface area contributed by atoms with Gasteiger partial charge >= 0.3 is 0 Å². The number of rotatable bonds is 5. The standard InChI is InChI=1S/C9H16BrNO2S/c1-2-7-11(14(12,13)8-10)9-5-3-4-6-9/h2,9H,1,3-8H2. The molecular weight excluding hydrogens is 266 g/mol. The van der Waals surface area contributed by atoms with Gasteiger partial charge in [0.15, 0.2) is 0 Å². The summed E-state index contributed by atoms with van der Waals surface area (Å²) in [5, 5.41) is 0. The SMILES string of the molecule is C=CCN(C1CCCC1)S(=O)(=O)CBr. The third kappa shape index (κ3) is 2.81. The van der Waals surface area contributed by atoms with Crippen molar-refractivity contribution in [3.05, 3.63) is 12.7 Å². The molecule has 82 valence electrons. The fourth-order valence-corrected chi connectivity index (χ4v) is 3.78. The van der Waals surface area contributed by atoms with Crippen LogP contribution in [0.1, 0.15) is 25.7 Å². The topological polar surface area (TPSA) is 37.4 Å². The number of hydrogen-bond acceptors (Lipinski definition) is 2. The van der Waals surface area contributed by atoms with Crippen molar-refractivity contribution in [1.82, 2.24) is 4.31 Å². The van der Waals surface area contributed by atoms with E-state index in [2.05, 4.69) is 22.5 Å². The predicted molar refractivity (Wildman–Crippen MR) is 61.9 cm³/mol. The maximum atomic E-state index is 11.7. The van der Waals surface area contributed by atoms with E-state index in [1.807, 2.05) is 0 Å². The van der Waals surface area contributed by atoms with E-state index < -0.39 is 10.0 Å². The fourth-order valence-electron chi connectivity index (χ4n) is 1.87. The Balaban J connectivity index is 2.77. The van der Waals surface area contributed by atoms with Crippen molar-refractivity contribution in [2.45, 2.75) is 31.7 Å². The molecule has 0 aliphatic heterocycles. The van der Waals surface area contributed by atoms with E-state index >= 15 is 0 Å². The summed E-state index contributed by atoms with van der Waals surface area (Å²) in [7, 11) is -3.13. The molecular formula is C9H16BrNO2S. The van der Waals surface area contributed by atoms with Crippen molar-refractivity contribution in [1.29, 1.82) is 0 Å². The highest BCUT2D eigenvalue weighted by atomic mass is 79.9. The van der Waals surface area contributed by atoms with Crippen molar-refractivity contribution < 1.29 is 8.42 Å². The Kier molecular flexibility index (Phi) is 4.60. The zero-order valence-electron chi connectivity index (χ0n) is 8.15. The first kappa shape index (κ1) is 12.2. The second-order valence-electron chi connectivity index (χ2n) is 3.52. The Morgan fingerprint density at radius 1 is 1.43 bits per heavy atom. The summed E-state index contributed by atoms with van der Waals surface area (Å²) < 4.78 is 25.0. The molecule has 0 aromatic heterocycles. The molecule has 0 unspecified atom stereocenters. The number of nitrogens with zero attached hydrogens (tertiary/aromatic N) is 1. The smallest absolute Gasteiger partial charge is 0.211 e. The molecule has 0 saturated heterocycles. The van der Waals surface area contributed by atoms with Gasteiger partial charge in [0.05, 0.1) is 0 Å². The molecule has 1 saturated carbocycles. The number of hydrogen-bond donors (Lipinski definition) is 0. The van der Waals surface area contributed by atoms with Crippen LogP contribution in [-0.4, -0.2) is 30.0 Å². The lowest BCUT2D eigenvalue weighted by Crippen LogP contribution is -2.39. The first-order chi connectivity index (χ1) is 6.61. The van der Waals surface area contributed by atoms with Crippen LogP contribution in [0.15, 0.2) is 12.7 Å². The van der Waals surface area contributed by atoms with Gasteiger partial charge < -0.3 is 0 Å². The highest BCUT2D eigenvalue weighted by Crippen LogP contribution is 2.26. The number of sulfonamides is 1. The molecule has 3 nitrogen and oxygen atoms in total. The molecule has 0 amide bonds. The molecule has 5 heteroatoms. The van der Waals surface area contributed by atoms with E-state index in [1.165, 1.54) is 0 Å². The lowest BCUT2D eigenvalue weighted by Gasteiger charge is -2.25. The lowest BCUT2D eigenvalue weighted by atomic mass is 10.2. The van der Waals surface area contributed by atoms with Crippen LogP contribution in [0.25, 0.3) is 0 Å². The van der Waals surface area contributed by atoms with E-state index in [-0.39, 0.29) is 10.7 Å². The molecule has 1 rings (SSSR count). The summed E-state index contributed by atoms with van der Waals surface area (Å²) in [6, 6.07) is 0.190. The van der Waals surface area contributed by atoms with Crippen LogP contribution < -0.4 is 0 Å². The average molecular weight is 282 g/mol. The van der Waals surface area contributed by atoms with E-state index in [1.54, 1.807) is 10.4 Å². The maximum Gasteiger partial charge on any atom is 0.224 e. The van der Waals surface area contributed by atoms with Gasteiger partial charge in [-0.15, -0.1) is 6.58 Å². The quantitative estimate of drug-likeness (QED) is 0.572. The molecule has 0 heterocycles. The Bertz CT molecular complexity index is 283. The van der Waals surface area contributed by atoms with Crippen molar-refractivity contribution in [3.8, 4) is 0 Å². The van der Waals surface area contributed by atoms with Crippen molar-refractivity contribution in [2.75, 3.05) is 11.2 Å². The zero-order valence-corrected chi connectivity index (χ0v) is 10.6. The third-order valence-electron chi connectivity index (χ3n) is 2.54. The molecule has 0 aromatic carbocycles. The summed E-state index contributed by atoms with van der Waals surface area (Å²) >= 11 is 3.02. The maximum absolute atomic E-state index is 11.7. The molecule has 0 N–H and O–H groups in total. The minimum Gasteiger partial charge on any atom is -0.211 e. The van der Waals surface area contributed by atoms with Crippen LogP contribution >= 0.6 is 15.9 Å². The van der Waals surface area contributed by atoms with Crippen LogP contribution in [0.3, 0.4) is 0 Å². The molecule has 14 heavy (non-hydrogen) atoms. The van der Waals surface area contributed by atoms with E-state index in [4.69, 9.17) is 0 Å². The zero-order chi connectivity index (χ0) is 10.6.